The van der Waals surface area contributed by atoms with Gasteiger partial charge in [0.15, 0.2) is 0 Å². The SMILES string of the molecule is CC(C)[C@H](CO)NC(=O)[C@@H]1N[C@@H]([C@H](NC(=O)Cc2ccccc2)C(=O)NCc2ccccc2)SC1(C)C. The van der Waals surface area contributed by atoms with Crippen molar-refractivity contribution < 1.29 is 19.5 Å². The summed E-state index contributed by atoms with van der Waals surface area (Å²) in [6.45, 7) is 7.89. The zero-order valence-electron chi connectivity index (χ0n) is 21.9. The third-order valence-electron chi connectivity index (χ3n) is 6.47. The first-order valence-corrected chi connectivity index (χ1v) is 13.5. The van der Waals surface area contributed by atoms with E-state index in [2.05, 4.69) is 21.3 Å². The molecule has 37 heavy (non-hydrogen) atoms. The Kier molecular flexibility index (Phi) is 10.1. The maximum absolute atomic E-state index is 13.4. The zero-order chi connectivity index (χ0) is 27.0. The summed E-state index contributed by atoms with van der Waals surface area (Å²) in [4.78, 5) is 39.5. The summed E-state index contributed by atoms with van der Waals surface area (Å²) >= 11 is 1.44. The fourth-order valence-electron chi connectivity index (χ4n) is 4.22. The molecule has 9 heteroatoms. The van der Waals surface area contributed by atoms with Crippen molar-refractivity contribution in [3.63, 3.8) is 0 Å². The van der Waals surface area contributed by atoms with Gasteiger partial charge in [0, 0.05) is 11.3 Å². The van der Waals surface area contributed by atoms with Crippen molar-refractivity contribution in [2.45, 2.75) is 68.9 Å². The molecule has 0 radical (unpaired) electrons. The van der Waals surface area contributed by atoms with Crippen LogP contribution in [0.4, 0.5) is 0 Å². The van der Waals surface area contributed by atoms with E-state index in [1.54, 1.807) is 0 Å². The van der Waals surface area contributed by atoms with E-state index in [0.717, 1.165) is 11.1 Å². The van der Waals surface area contributed by atoms with Gasteiger partial charge in [0.05, 0.1) is 24.4 Å². The third-order valence-corrected chi connectivity index (χ3v) is 7.97. The Bertz CT molecular complexity index is 1050. The summed E-state index contributed by atoms with van der Waals surface area (Å²) < 4.78 is -0.562. The Balaban J connectivity index is 1.76. The van der Waals surface area contributed by atoms with Crippen LogP contribution in [0.15, 0.2) is 60.7 Å². The predicted molar refractivity (Wildman–Crippen MR) is 147 cm³/mol. The summed E-state index contributed by atoms with van der Waals surface area (Å²) in [7, 11) is 0. The fraction of sp³-hybridized carbons (Fsp3) is 0.464. The van der Waals surface area contributed by atoms with Crippen molar-refractivity contribution in [2.24, 2.45) is 5.92 Å². The molecule has 1 fully saturated rings. The van der Waals surface area contributed by atoms with Crippen molar-refractivity contribution in [1.82, 2.24) is 21.3 Å². The van der Waals surface area contributed by atoms with Gasteiger partial charge in [-0.05, 0) is 30.9 Å². The molecule has 2 aromatic rings. The van der Waals surface area contributed by atoms with E-state index < -0.39 is 22.2 Å². The van der Waals surface area contributed by atoms with Gasteiger partial charge in [-0.3, -0.25) is 19.7 Å². The summed E-state index contributed by atoms with van der Waals surface area (Å²) in [5, 5.41) is 21.2. The van der Waals surface area contributed by atoms with E-state index in [9.17, 15) is 19.5 Å². The molecule has 200 valence electrons. The average molecular weight is 527 g/mol. The molecular formula is C28H38N4O4S. The van der Waals surface area contributed by atoms with Gasteiger partial charge in [0.25, 0.3) is 0 Å². The van der Waals surface area contributed by atoms with Crippen molar-refractivity contribution in [3.05, 3.63) is 71.8 Å². The largest absolute Gasteiger partial charge is 0.394 e. The molecule has 1 aliphatic rings. The lowest BCUT2D eigenvalue weighted by atomic mass is 10.00. The number of carbonyl (C=O) groups is 3. The van der Waals surface area contributed by atoms with Crippen LogP contribution < -0.4 is 21.3 Å². The van der Waals surface area contributed by atoms with Crippen LogP contribution in [-0.2, 0) is 27.3 Å². The second kappa shape index (κ2) is 13.1. The number of thioether (sulfide) groups is 1. The molecular weight excluding hydrogens is 488 g/mol. The Morgan fingerprint density at radius 1 is 0.973 bits per heavy atom. The minimum absolute atomic E-state index is 0.0655. The Labute approximate surface area is 223 Å². The van der Waals surface area contributed by atoms with Gasteiger partial charge in [0.1, 0.15) is 12.1 Å². The normalized spacial score (nSPS) is 20.2. The first-order valence-electron chi connectivity index (χ1n) is 12.6. The zero-order valence-corrected chi connectivity index (χ0v) is 22.7. The third kappa shape index (κ3) is 8.05. The second-order valence-electron chi connectivity index (χ2n) is 10.2. The van der Waals surface area contributed by atoms with Gasteiger partial charge in [-0.1, -0.05) is 74.5 Å². The number of aliphatic hydroxyl groups excluding tert-OH is 1. The number of benzene rings is 2. The van der Waals surface area contributed by atoms with Crippen LogP contribution in [0.3, 0.4) is 0 Å². The number of carbonyl (C=O) groups excluding carboxylic acids is 3. The van der Waals surface area contributed by atoms with Gasteiger partial charge in [-0.2, -0.15) is 0 Å². The molecule has 0 aliphatic carbocycles. The number of hydrogen-bond acceptors (Lipinski definition) is 6. The van der Waals surface area contributed by atoms with Crippen molar-refractivity contribution >= 4 is 29.5 Å². The molecule has 0 unspecified atom stereocenters. The van der Waals surface area contributed by atoms with Crippen molar-refractivity contribution in [3.8, 4) is 0 Å². The van der Waals surface area contributed by atoms with Crippen LogP contribution in [0.5, 0.6) is 0 Å². The highest BCUT2D eigenvalue weighted by atomic mass is 32.2. The molecule has 0 bridgehead atoms. The monoisotopic (exact) mass is 526 g/mol. The highest BCUT2D eigenvalue weighted by molar-refractivity contribution is 8.01. The van der Waals surface area contributed by atoms with Crippen LogP contribution in [0, 0.1) is 5.92 Å². The van der Waals surface area contributed by atoms with Gasteiger partial charge in [-0.25, -0.2) is 0 Å². The molecule has 3 rings (SSSR count). The number of aliphatic hydroxyl groups is 1. The standard InChI is InChI=1S/C28H38N4O4S/c1-18(2)21(17-33)30-26(36)24-28(3,4)37-27(32-24)23(25(35)29-16-20-13-9-6-10-14-20)31-22(34)15-19-11-7-5-8-12-19/h5-14,18,21,23-24,27,32-33H,15-17H2,1-4H3,(H,29,35)(H,30,36)(H,31,34)/t21-,23+,24-,27+/m0/s1. The minimum atomic E-state index is -0.902. The average Bonchev–Trinajstić information content (AvgIpc) is 3.20. The first kappa shape index (κ1) is 28.7. The summed E-state index contributed by atoms with van der Waals surface area (Å²) in [6, 6.07) is 17.0. The van der Waals surface area contributed by atoms with Gasteiger partial charge in [-0.15, -0.1) is 11.8 Å². The number of nitrogens with one attached hydrogen (secondary N) is 4. The molecule has 3 amide bonds. The molecule has 2 aromatic carbocycles. The molecule has 8 nitrogen and oxygen atoms in total. The van der Waals surface area contributed by atoms with Crippen LogP contribution in [0.25, 0.3) is 0 Å². The summed E-state index contributed by atoms with van der Waals surface area (Å²) in [5.41, 5.74) is 1.79. The lowest BCUT2D eigenvalue weighted by Gasteiger charge is -2.27. The molecule has 1 aliphatic heterocycles. The lowest BCUT2D eigenvalue weighted by molar-refractivity contribution is -0.129. The Hall–Kier alpha value is -2.88. The highest BCUT2D eigenvalue weighted by Gasteiger charge is 2.49. The van der Waals surface area contributed by atoms with Gasteiger partial charge in [0.2, 0.25) is 17.7 Å². The van der Waals surface area contributed by atoms with E-state index in [-0.39, 0.29) is 42.7 Å². The molecule has 1 saturated heterocycles. The van der Waals surface area contributed by atoms with Crippen LogP contribution >= 0.6 is 11.8 Å². The topological polar surface area (TPSA) is 120 Å². The maximum Gasteiger partial charge on any atom is 0.245 e. The number of hydrogen-bond donors (Lipinski definition) is 5. The maximum atomic E-state index is 13.4. The quantitative estimate of drug-likeness (QED) is 0.306. The molecule has 0 saturated carbocycles. The van der Waals surface area contributed by atoms with E-state index in [1.807, 2.05) is 88.4 Å². The molecule has 0 aromatic heterocycles. The smallest absolute Gasteiger partial charge is 0.245 e. The number of amides is 3. The molecule has 1 heterocycles. The van der Waals surface area contributed by atoms with Crippen molar-refractivity contribution in [2.75, 3.05) is 6.61 Å². The molecule has 4 atom stereocenters. The van der Waals surface area contributed by atoms with Gasteiger partial charge < -0.3 is 21.1 Å². The van der Waals surface area contributed by atoms with Crippen LogP contribution in [0.2, 0.25) is 0 Å². The minimum Gasteiger partial charge on any atom is -0.394 e. The van der Waals surface area contributed by atoms with E-state index >= 15 is 0 Å². The predicted octanol–water partition coefficient (Wildman–Crippen LogP) is 1.97. The lowest BCUT2D eigenvalue weighted by Crippen LogP contribution is -2.59. The van der Waals surface area contributed by atoms with Crippen molar-refractivity contribution in [1.29, 1.82) is 0 Å². The van der Waals surface area contributed by atoms with E-state index in [4.69, 9.17) is 0 Å². The van der Waals surface area contributed by atoms with E-state index in [1.165, 1.54) is 11.8 Å². The first-order chi connectivity index (χ1) is 17.6. The summed E-state index contributed by atoms with van der Waals surface area (Å²) in [5.74, 6) is -0.788. The van der Waals surface area contributed by atoms with Crippen LogP contribution in [0.1, 0.15) is 38.8 Å². The highest BCUT2D eigenvalue weighted by Crippen LogP contribution is 2.39. The molecule has 0 spiro atoms. The molecule has 5 N–H and O–H groups in total. The number of rotatable bonds is 11. The van der Waals surface area contributed by atoms with E-state index in [0.29, 0.717) is 6.54 Å². The van der Waals surface area contributed by atoms with Crippen LogP contribution in [-0.4, -0.2) is 57.7 Å². The Morgan fingerprint density at radius 3 is 2.14 bits per heavy atom. The summed E-state index contributed by atoms with van der Waals surface area (Å²) in [6.07, 6.45) is 0.139. The fourth-order valence-corrected chi connectivity index (χ4v) is 5.72. The second-order valence-corrected chi connectivity index (χ2v) is 12.0. The Morgan fingerprint density at radius 2 is 1.57 bits per heavy atom. The van der Waals surface area contributed by atoms with Gasteiger partial charge >= 0.3 is 0 Å².